The van der Waals surface area contributed by atoms with Crippen LogP contribution in [0.3, 0.4) is 0 Å². The number of hydrogen-bond acceptors (Lipinski definition) is 4. The van der Waals surface area contributed by atoms with E-state index in [-0.39, 0.29) is 17.6 Å². The largest absolute Gasteiger partial charge is 0.444 e. The lowest BCUT2D eigenvalue weighted by Crippen LogP contribution is -2.49. The van der Waals surface area contributed by atoms with E-state index in [0.717, 1.165) is 12.8 Å². The van der Waals surface area contributed by atoms with Gasteiger partial charge in [0, 0.05) is 18.5 Å². The molecule has 1 spiro atoms. The number of amides is 1. The van der Waals surface area contributed by atoms with Gasteiger partial charge in [-0.1, -0.05) is 0 Å². The van der Waals surface area contributed by atoms with Crippen LogP contribution in [0, 0.1) is 5.41 Å². The van der Waals surface area contributed by atoms with E-state index in [1.165, 1.54) is 0 Å². The van der Waals surface area contributed by atoms with Gasteiger partial charge in [-0.2, -0.15) is 0 Å². The average molecular weight is 271 g/mol. The molecule has 110 valence electrons. The smallest absolute Gasteiger partial charge is 0.410 e. The quantitative estimate of drug-likeness (QED) is 0.729. The molecular formula is C14H25NO4. The van der Waals surface area contributed by atoms with Gasteiger partial charge in [0.1, 0.15) is 5.60 Å². The molecule has 0 radical (unpaired) electrons. The predicted octanol–water partition coefficient (Wildman–Crippen LogP) is 1.78. The van der Waals surface area contributed by atoms with Gasteiger partial charge >= 0.3 is 6.09 Å². The number of piperidine rings is 1. The lowest BCUT2D eigenvalue weighted by molar-refractivity contribution is -0.0162. The predicted molar refractivity (Wildman–Crippen MR) is 70.9 cm³/mol. The summed E-state index contributed by atoms with van der Waals surface area (Å²) in [5.74, 6) is 0. The van der Waals surface area contributed by atoms with Gasteiger partial charge < -0.3 is 19.5 Å². The van der Waals surface area contributed by atoms with Crippen LogP contribution < -0.4 is 0 Å². The summed E-state index contributed by atoms with van der Waals surface area (Å²) in [5.41, 5.74) is -0.630. The van der Waals surface area contributed by atoms with E-state index in [2.05, 4.69) is 0 Å². The lowest BCUT2D eigenvalue weighted by atomic mass is 9.75. The van der Waals surface area contributed by atoms with Gasteiger partial charge in [-0.3, -0.25) is 0 Å². The minimum absolute atomic E-state index is 0.104. The number of carbonyl (C=O) groups is 1. The van der Waals surface area contributed by atoms with Gasteiger partial charge in [-0.25, -0.2) is 4.79 Å². The minimum atomic E-state index is -0.462. The maximum atomic E-state index is 12.0. The Bertz CT molecular complexity index is 342. The van der Waals surface area contributed by atoms with Gasteiger partial charge in [-0.05, 0) is 40.5 Å². The Hall–Kier alpha value is -0.810. The van der Waals surface area contributed by atoms with Crippen molar-refractivity contribution in [1.82, 2.24) is 4.90 Å². The van der Waals surface area contributed by atoms with Crippen LogP contribution in [0.1, 0.15) is 40.5 Å². The van der Waals surface area contributed by atoms with Crippen molar-refractivity contribution in [2.45, 2.75) is 58.3 Å². The summed E-state index contributed by atoms with van der Waals surface area (Å²) in [4.78, 5) is 13.7. The Morgan fingerprint density at radius 2 is 1.95 bits per heavy atom. The molecule has 2 aliphatic heterocycles. The summed E-state index contributed by atoms with van der Waals surface area (Å²) >= 11 is 0. The number of rotatable bonds is 0. The van der Waals surface area contributed by atoms with Crippen LogP contribution in [-0.4, -0.2) is 53.6 Å². The number of nitrogens with zero attached hydrogens (tertiary/aromatic N) is 1. The number of aliphatic hydroxyl groups excluding tert-OH is 1. The summed E-state index contributed by atoms with van der Waals surface area (Å²) in [6.07, 6.45) is 0.764. The van der Waals surface area contributed by atoms with Crippen LogP contribution in [0.25, 0.3) is 0 Å². The van der Waals surface area contributed by atoms with Crippen molar-refractivity contribution >= 4 is 6.09 Å². The van der Waals surface area contributed by atoms with Crippen LogP contribution in [0.4, 0.5) is 4.79 Å². The number of carbonyl (C=O) groups excluding carboxylic acids is 1. The Morgan fingerprint density at radius 3 is 2.37 bits per heavy atom. The van der Waals surface area contributed by atoms with Crippen molar-refractivity contribution in [1.29, 1.82) is 0 Å². The number of likely N-dealkylation sites (tertiary alicyclic amines) is 1. The molecule has 19 heavy (non-hydrogen) atoms. The molecule has 0 saturated carbocycles. The van der Waals surface area contributed by atoms with E-state index in [4.69, 9.17) is 9.47 Å². The molecule has 2 heterocycles. The minimum Gasteiger partial charge on any atom is -0.444 e. The van der Waals surface area contributed by atoms with Gasteiger partial charge in [0.2, 0.25) is 0 Å². The third kappa shape index (κ3) is 3.03. The van der Waals surface area contributed by atoms with Crippen molar-refractivity contribution in [2.75, 3.05) is 19.7 Å². The van der Waals surface area contributed by atoms with Crippen molar-refractivity contribution in [3.63, 3.8) is 0 Å². The van der Waals surface area contributed by atoms with Crippen LogP contribution >= 0.6 is 0 Å². The topological polar surface area (TPSA) is 59.0 Å². The molecule has 1 amide bonds. The first-order chi connectivity index (χ1) is 8.73. The second-order valence-corrected chi connectivity index (χ2v) is 6.79. The summed E-state index contributed by atoms with van der Waals surface area (Å²) in [5, 5.41) is 10.2. The average Bonchev–Trinajstić information content (AvgIpc) is 2.57. The third-order valence-corrected chi connectivity index (χ3v) is 4.12. The molecule has 2 fully saturated rings. The van der Waals surface area contributed by atoms with Crippen molar-refractivity contribution in [3.05, 3.63) is 0 Å². The van der Waals surface area contributed by atoms with E-state index in [9.17, 15) is 9.90 Å². The van der Waals surface area contributed by atoms with Crippen molar-refractivity contribution in [2.24, 2.45) is 5.41 Å². The molecule has 5 nitrogen and oxygen atoms in total. The van der Waals surface area contributed by atoms with Gasteiger partial charge in [0.25, 0.3) is 0 Å². The highest BCUT2D eigenvalue weighted by atomic mass is 16.6. The molecule has 0 aromatic rings. The number of ether oxygens (including phenoxy) is 2. The second kappa shape index (κ2) is 4.94. The Kier molecular flexibility index (Phi) is 3.80. The zero-order valence-corrected chi connectivity index (χ0v) is 12.3. The van der Waals surface area contributed by atoms with Crippen LogP contribution in [0.15, 0.2) is 0 Å². The van der Waals surface area contributed by atoms with Gasteiger partial charge in [-0.15, -0.1) is 0 Å². The maximum absolute atomic E-state index is 12.0. The summed E-state index contributed by atoms with van der Waals surface area (Å²) < 4.78 is 10.9. The van der Waals surface area contributed by atoms with E-state index in [0.29, 0.717) is 19.7 Å². The molecule has 0 aromatic heterocycles. The Morgan fingerprint density at radius 1 is 1.37 bits per heavy atom. The molecule has 0 aromatic carbocycles. The lowest BCUT2D eigenvalue weighted by Gasteiger charge is -2.40. The zero-order valence-electron chi connectivity index (χ0n) is 12.3. The fraction of sp³-hybridized carbons (Fsp3) is 0.929. The fourth-order valence-electron chi connectivity index (χ4n) is 2.87. The van der Waals surface area contributed by atoms with E-state index < -0.39 is 11.7 Å². The monoisotopic (exact) mass is 271 g/mol. The van der Waals surface area contributed by atoms with Crippen molar-refractivity contribution in [3.8, 4) is 0 Å². The maximum Gasteiger partial charge on any atom is 0.410 e. The molecule has 0 bridgehead atoms. The third-order valence-electron chi connectivity index (χ3n) is 4.12. The molecule has 2 aliphatic rings. The zero-order chi connectivity index (χ0) is 14.3. The molecule has 0 aliphatic carbocycles. The van der Waals surface area contributed by atoms with Crippen LogP contribution in [-0.2, 0) is 9.47 Å². The van der Waals surface area contributed by atoms with E-state index >= 15 is 0 Å². The highest BCUT2D eigenvalue weighted by Crippen LogP contribution is 2.42. The first-order valence-corrected chi connectivity index (χ1v) is 7.01. The standard InChI is InChI=1S/C14H25NO4/c1-10-11(16)14(9-18-10)5-7-15(8-6-14)12(17)19-13(2,3)4/h10-11,16H,5-9H2,1-4H3/t10-,11+/m0/s1. The summed E-state index contributed by atoms with van der Waals surface area (Å²) in [7, 11) is 0. The SMILES string of the molecule is C[C@@H]1OCC2(CCN(C(=O)OC(C)(C)C)CC2)[C@@H]1O. The Balaban J connectivity index is 1.91. The normalized spacial score (nSPS) is 30.7. The molecule has 1 N–H and O–H groups in total. The Labute approximate surface area is 114 Å². The van der Waals surface area contributed by atoms with E-state index in [1.807, 2.05) is 27.7 Å². The van der Waals surface area contributed by atoms with Gasteiger partial charge in [0.05, 0.1) is 18.8 Å². The number of hydrogen-bond donors (Lipinski definition) is 1. The molecule has 5 heteroatoms. The van der Waals surface area contributed by atoms with Crippen LogP contribution in [0.5, 0.6) is 0 Å². The second-order valence-electron chi connectivity index (χ2n) is 6.79. The number of aliphatic hydroxyl groups is 1. The first-order valence-electron chi connectivity index (χ1n) is 7.01. The highest BCUT2D eigenvalue weighted by Gasteiger charge is 2.49. The molecule has 0 unspecified atom stereocenters. The van der Waals surface area contributed by atoms with Crippen LogP contribution in [0.2, 0.25) is 0 Å². The summed E-state index contributed by atoms with van der Waals surface area (Å²) in [6, 6.07) is 0. The van der Waals surface area contributed by atoms with Crippen molar-refractivity contribution < 1.29 is 19.4 Å². The first kappa shape index (κ1) is 14.6. The summed E-state index contributed by atoms with van der Waals surface area (Å²) in [6.45, 7) is 9.35. The fourth-order valence-corrected chi connectivity index (χ4v) is 2.87. The molecule has 2 saturated heterocycles. The molecule has 2 rings (SSSR count). The van der Waals surface area contributed by atoms with Gasteiger partial charge in [0.15, 0.2) is 0 Å². The van der Waals surface area contributed by atoms with E-state index in [1.54, 1.807) is 4.90 Å². The molecule has 2 atom stereocenters. The molecular weight excluding hydrogens is 246 g/mol. The highest BCUT2D eigenvalue weighted by molar-refractivity contribution is 5.68.